The van der Waals surface area contributed by atoms with Crippen LogP contribution in [0.25, 0.3) is 17.0 Å². The number of nitrogens with one attached hydrogen (secondary N) is 2. The van der Waals surface area contributed by atoms with Crippen molar-refractivity contribution in [3.63, 3.8) is 0 Å². The van der Waals surface area contributed by atoms with Crippen molar-refractivity contribution in [3.05, 3.63) is 78.5 Å². The second-order valence-corrected chi connectivity index (χ2v) is 9.83. The van der Waals surface area contributed by atoms with E-state index in [1.807, 2.05) is 74.5 Å². The first-order valence-electron chi connectivity index (χ1n) is 12.2. The number of amides is 1. The van der Waals surface area contributed by atoms with Gasteiger partial charge in [0.25, 0.3) is 0 Å². The van der Waals surface area contributed by atoms with Gasteiger partial charge in [0.15, 0.2) is 11.2 Å². The zero-order chi connectivity index (χ0) is 26.6. The molecule has 0 aliphatic heterocycles. The third-order valence-corrected chi connectivity index (χ3v) is 5.97. The van der Waals surface area contributed by atoms with E-state index in [4.69, 9.17) is 4.74 Å². The molecule has 5 N–H and O–H groups in total. The number of esters is 1. The van der Waals surface area contributed by atoms with Crippen molar-refractivity contribution in [1.29, 1.82) is 0 Å². The average molecular weight is 556 g/mol. The summed E-state index contributed by atoms with van der Waals surface area (Å²) < 4.78 is 5.44. The molecule has 0 fully saturated rings. The molecule has 0 aliphatic carbocycles. The van der Waals surface area contributed by atoms with Gasteiger partial charge >= 0.3 is 5.97 Å². The van der Waals surface area contributed by atoms with E-state index < -0.39 is 12.2 Å². The molecule has 1 amide bonds. The standard InChI is InChI=1S/C28H33N5O3S.ClH/c1-19(2)17-23(29)27(35)36-18-37-28(33-24-13-7-11-22-12-8-16-30-26(22)24)32-20(3)31-25(34)15-14-21-9-5-4-6-10-21;/h4-16,19-20,23H,17-18,29H2,1-3H3,(H,31,34)(H,32,33);1H/b15-14+;/t20?,23-;/m0./s1. The highest BCUT2D eigenvalue weighted by Crippen LogP contribution is 2.22. The normalized spacial score (nSPS) is 13.1. The van der Waals surface area contributed by atoms with Crippen LogP contribution in [-0.2, 0) is 14.3 Å². The van der Waals surface area contributed by atoms with Gasteiger partial charge in [0.2, 0.25) is 5.91 Å². The highest BCUT2D eigenvalue weighted by Gasteiger charge is 2.20. The number of rotatable bonds is 10. The maximum absolute atomic E-state index is 12.4. The number of pyridine rings is 1. The Hall–Kier alpha value is -3.40. The van der Waals surface area contributed by atoms with Crippen molar-refractivity contribution in [2.75, 3.05) is 11.3 Å². The number of carbonyl (C=O) groups is 2. The molecule has 38 heavy (non-hydrogen) atoms. The van der Waals surface area contributed by atoms with Gasteiger partial charge < -0.3 is 33.5 Å². The minimum atomic E-state index is -0.539. The monoisotopic (exact) mass is 555 g/mol. The Morgan fingerprint density at radius 3 is 2.55 bits per heavy atom. The molecule has 2 atom stereocenters. The lowest BCUT2D eigenvalue weighted by atomic mass is 10.1. The minimum absolute atomic E-state index is 0. The van der Waals surface area contributed by atoms with Crippen molar-refractivity contribution in [2.45, 2.75) is 39.4 Å². The van der Waals surface area contributed by atoms with Crippen LogP contribution in [0.4, 0.5) is 5.69 Å². The first kappa shape index (κ1) is 30.8. The van der Waals surface area contributed by atoms with Gasteiger partial charge in [-0.25, -0.2) is 9.79 Å². The van der Waals surface area contributed by atoms with Crippen LogP contribution in [0.1, 0.15) is 32.8 Å². The maximum atomic E-state index is 12.4. The molecule has 2 aromatic carbocycles. The molecule has 1 aromatic heterocycles. The van der Waals surface area contributed by atoms with Gasteiger partial charge in [-0.15, -0.1) is 0 Å². The molecule has 202 valence electrons. The number of aliphatic imine (C=N–C) groups is 1. The van der Waals surface area contributed by atoms with E-state index >= 15 is 0 Å². The second-order valence-electron chi connectivity index (χ2n) is 8.92. The zero-order valence-electron chi connectivity index (χ0n) is 21.8. The molecule has 1 heterocycles. The molecule has 0 spiro atoms. The van der Waals surface area contributed by atoms with Gasteiger partial charge in [0, 0.05) is 24.1 Å². The lowest BCUT2D eigenvalue weighted by Gasteiger charge is -2.15. The average Bonchev–Trinajstić information content (AvgIpc) is 2.87. The third-order valence-electron chi connectivity index (χ3n) is 5.25. The third kappa shape index (κ3) is 10.2. The van der Waals surface area contributed by atoms with Crippen LogP contribution in [0.5, 0.6) is 0 Å². The molecular weight excluding hydrogens is 522 g/mol. The Morgan fingerprint density at radius 2 is 1.82 bits per heavy atom. The Labute approximate surface area is 233 Å². The maximum Gasteiger partial charge on any atom is 0.365 e. The molecule has 3 rings (SSSR count). The summed E-state index contributed by atoms with van der Waals surface area (Å²) in [5, 5.41) is 7.59. The van der Waals surface area contributed by atoms with Crippen molar-refractivity contribution in [2.24, 2.45) is 10.9 Å². The van der Waals surface area contributed by atoms with Crippen LogP contribution in [0, 0.1) is 5.92 Å². The van der Waals surface area contributed by atoms with Crippen molar-refractivity contribution >= 4 is 51.5 Å². The number of nitrogens with zero attached hydrogens (tertiary/aromatic N) is 2. The van der Waals surface area contributed by atoms with Crippen LogP contribution < -0.4 is 28.8 Å². The summed E-state index contributed by atoms with van der Waals surface area (Å²) in [6.45, 7) is 5.86. The van der Waals surface area contributed by atoms with E-state index in [1.165, 1.54) is 17.8 Å². The van der Waals surface area contributed by atoms with Crippen molar-refractivity contribution in [1.82, 2.24) is 10.3 Å². The lowest BCUT2D eigenvalue weighted by Crippen LogP contribution is -3.00. The van der Waals surface area contributed by atoms with Crippen LogP contribution >= 0.6 is 11.8 Å². The number of quaternary nitrogens is 1. The fourth-order valence-electron chi connectivity index (χ4n) is 3.55. The number of hydrogen-bond acceptors (Lipinski definition) is 6. The van der Waals surface area contributed by atoms with Crippen molar-refractivity contribution < 1.29 is 32.5 Å². The zero-order valence-corrected chi connectivity index (χ0v) is 23.3. The number of aromatic nitrogens is 1. The Kier molecular flexibility index (Phi) is 12.8. The van der Waals surface area contributed by atoms with Crippen LogP contribution in [0.2, 0.25) is 0 Å². The number of carbonyl (C=O) groups excluding carboxylic acids is 2. The van der Waals surface area contributed by atoms with E-state index in [0.29, 0.717) is 17.5 Å². The predicted molar refractivity (Wildman–Crippen MR) is 151 cm³/mol. The van der Waals surface area contributed by atoms with Gasteiger partial charge in [0.05, 0.1) is 11.2 Å². The largest absolute Gasteiger partial charge is 1.00 e. The van der Waals surface area contributed by atoms with E-state index in [-0.39, 0.29) is 30.2 Å². The smallest absolute Gasteiger partial charge is 0.365 e. The molecule has 1 unspecified atom stereocenters. The number of ether oxygens (including phenoxy) is 1. The van der Waals surface area contributed by atoms with Crippen molar-refractivity contribution in [3.8, 4) is 0 Å². The van der Waals surface area contributed by atoms with Gasteiger partial charge in [-0.1, -0.05) is 62.4 Å². The fourth-order valence-corrected chi connectivity index (χ4v) is 4.25. The number of para-hydroxylation sites is 1. The topological polar surface area (TPSA) is 120 Å². The SMILES string of the molecule is CC(C)C[C@H]([NH3+])C(=O)OCSC(=NC(C)NC(=O)/C=C/c1ccccc1)Nc1cccc2cccnc12.[Cl-]. The molecule has 0 aliphatic rings. The molecule has 8 nitrogen and oxygen atoms in total. The molecule has 0 saturated heterocycles. The van der Waals surface area contributed by atoms with Gasteiger partial charge in [-0.05, 0) is 48.4 Å². The van der Waals surface area contributed by atoms with Gasteiger partial charge in [-0.2, -0.15) is 0 Å². The molecule has 3 aromatic rings. The Bertz CT molecular complexity index is 1250. The Morgan fingerprint density at radius 1 is 1.08 bits per heavy atom. The first-order valence-corrected chi connectivity index (χ1v) is 13.1. The quantitative estimate of drug-likeness (QED) is 0.113. The van der Waals surface area contributed by atoms with Crippen LogP contribution in [0.3, 0.4) is 0 Å². The number of thioether (sulfide) groups is 1. The van der Waals surface area contributed by atoms with E-state index in [9.17, 15) is 9.59 Å². The number of halogens is 1. The number of hydrogen-bond donors (Lipinski definition) is 3. The number of benzene rings is 2. The molecule has 10 heteroatoms. The Balaban J connectivity index is 0.00000507. The predicted octanol–water partition coefficient (Wildman–Crippen LogP) is 1.07. The van der Waals surface area contributed by atoms with Gasteiger partial charge in [-0.3, -0.25) is 9.78 Å². The van der Waals surface area contributed by atoms with Crippen LogP contribution in [0.15, 0.2) is 77.9 Å². The summed E-state index contributed by atoms with van der Waals surface area (Å²) in [5.74, 6) is -0.210. The summed E-state index contributed by atoms with van der Waals surface area (Å²) in [5.41, 5.74) is 6.38. The summed E-state index contributed by atoms with van der Waals surface area (Å²) in [4.78, 5) is 33.9. The van der Waals surface area contributed by atoms with E-state index in [0.717, 1.165) is 22.2 Å². The first-order chi connectivity index (χ1) is 17.8. The lowest BCUT2D eigenvalue weighted by molar-refractivity contribution is -0.411. The number of anilines is 1. The van der Waals surface area contributed by atoms with Crippen LogP contribution in [-0.4, -0.2) is 40.2 Å². The summed E-state index contributed by atoms with van der Waals surface area (Å²) in [7, 11) is 0. The molecular formula is C28H34ClN5O3S. The van der Waals surface area contributed by atoms with E-state index in [1.54, 1.807) is 19.2 Å². The van der Waals surface area contributed by atoms with Gasteiger partial charge in [0.1, 0.15) is 12.1 Å². The van der Waals surface area contributed by atoms with E-state index in [2.05, 4.69) is 26.3 Å². The number of fused-ring (bicyclic) bond motifs is 1. The summed E-state index contributed by atoms with van der Waals surface area (Å²) in [6, 6.07) is 18.8. The summed E-state index contributed by atoms with van der Waals surface area (Å²) in [6.07, 6.45) is 5.06. The highest BCUT2D eigenvalue weighted by molar-refractivity contribution is 8.14. The fraction of sp³-hybridized carbons (Fsp3) is 0.286. The molecule has 0 radical (unpaired) electrons. The highest BCUT2D eigenvalue weighted by atomic mass is 35.5. The molecule has 0 bridgehead atoms. The second kappa shape index (κ2) is 15.8. The molecule has 0 saturated carbocycles. The number of amidine groups is 1. The minimum Gasteiger partial charge on any atom is -1.00 e. The summed E-state index contributed by atoms with van der Waals surface area (Å²) >= 11 is 1.23.